The van der Waals surface area contributed by atoms with Crippen molar-refractivity contribution in [2.45, 2.75) is 37.6 Å². The SMILES string of the molecule is Cc1ccccc1NS(=O)(=O)c1ccc(C)c(C(=O)NC2CCCN(S(C)(=O)=O)C2)c1. The smallest absolute Gasteiger partial charge is 0.261 e. The molecule has 1 fully saturated rings. The van der Waals surface area contributed by atoms with Gasteiger partial charge in [0.15, 0.2) is 0 Å². The largest absolute Gasteiger partial charge is 0.348 e. The molecule has 1 amide bonds. The minimum absolute atomic E-state index is 0.0205. The van der Waals surface area contributed by atoms with E-state index >= 15 is 0 Å². The molecule has 1 unspecified atom stereocenters. The molecule has 1 aliphatic heterocycles. The molecular formula is C21H27N3O5S2. The van der Waals surface area contributed by atoms with Gasteiger partial charge in [-0.1, -0.05) is 24.3 Å². The predicted molar refractivity (Wildman–Crippen MR) is 120 cm³/mol. The molecule has 1 saturated heterocycles. The first kappa shape index (κ1) is 23.2. The van der Waals surface area contributed by atoms with Crippen molar-refractivity contribution in [2.24, 2.45) is 0 Å². The molecule has 0 spiro atoms. The van der Waals surface area contributed by atoms with E-state index in [-0.39, 0.29) is 23.0 Å². The molecule has 2 N–H and O–H groups in total. The summed E-state index contributed by atoms with van der Waals surface area (Å²) in [5.41, 5.74) is 2.12. The van der Waals surface area contributed by atoms with Crippen LogP contribution in [0.25, 0.3) is 0 Å². The number of hydrogen-bond donors (Lipinski definition) is 2. The van der Waals surface area contributed by atoms with Crippen LogP contribution >= 0.6 is 0 Å². The number of carbonyl (C=O) groups is 1. The highest BCUT2D eigenvalue weighted by molar-refractivity contribution is 7.92. The Kier molecular flexibility index (Phi) is 6.73. The Bertz CT molecular complexity index is 1190. The van der Waals surface area contributed by atoms with E-state index in [2.05, 4.69) is 10.0 Å². The lowest BCUT2D eigenvalue weighted by Gasteiger charge is -2.31. The monoisotopic (exact) mass is 465 g/mol. The van der Waals surface area contributed by atoms with E-state index in [4.69, 9.17) is 0 Å². The van der Waals surface area contributed by atoms with Crippen LogP contribution in [0.15, 0.2) is 47.4 Å². The van der Waals surface area contributed by atoms with E-state index in [1.165, 1.54) is 16.4 Å². The highest BCUT2D eigenvalue weighted by Gasteiger charge is 2.28. The van der Waals surface area contributed by atoms with E-state index in [1.807, 2.05) is 6.07 Å². The molecule has 1 aliphatic rings. The summed E-state index contributed by atoms with van der Waals surface area (Å²) >= 11 is 0. The van der Waals surface area contributed by atoms with Crippen molar-refractivity contribution in [3.05, 3.63) is 59.2 Å². The fourth-order valence-corrected chi connectivity index (χ4v) is 5.60. The van der Waals surface area contributed by atoms with Crippen molar-refractivity contribution in [1.29, 1.82) is 0 Å². The van der Waals surface area contributed by atoms with Crippen LogP contribution in [0.2, 0.25) is 0 Å². The molecule has 0 bridgehead atoms. The van der Waals surface area contributed by atoms with E-state index in [0.29, 0.717) is 30.6 Å². The van der Waals surface area contributed by atoms with Crippen molar-refractivity contribution in [2.75, 3.05) is 24.1 Å². The number of aryl methyl sites for hydroxylation is 2. The van der Waals surface area contributed by atoms with Crippen LogP contribution in [-0.2, 0) is 20.0 Å². The lowest BCUT2D eigenvalue weighted by molar-refractivity contribution is 0.0920. The van der Waals surface area contributed by atoms with E-state index in [1.54, 1.807) is 38.1 Å². The van der Waals surface area contributed by atoms with Gasteiger partial charge in [0.05, 0.1) is 16.8 Å². The summed E-state index contributed by atoms with van der Waals surface area (Å²) in [6.07, 6.45) is 2.45. The average molecular weight is 466 g/mol. The zero-order valence-electron chi connectivity index (χ0n) is 17.8. The summed E-state index contributed by atoms with van der Waals surface area (Å²) in [5.74, 6) is -0.425. The molecule has 2 aromatic rings. The average Bonchev–Trinajstić information content (AvgIpc) is 2.69. The molecule has 1 atom stereocenters. The van der Waals surface area contributed by atoms with Crippen LogP contribution in [0.1, 0.15) is 34.3 Å². The van der Waals surface area contributed by atoms with Crippen molar-refractivity contribution in [1.82, 2.24) is 9.62 Å². The van der Waals surface area contributed by atoms with Crippen LogP contribution in [0.5, 0.6) is 0 Å². The summed E-state index contributed by atoms with van der Waals surface area (Å²) in [5, 5.41) is 2.86. The number of hydrogen-bond acceptors (Lipinski definition) is 5. The van der Waals surface area contributed by atoms with Crippen LogP contribution in [0.4, 0.5) is 5.69 Å². The molecule has 3 rings (SSSR count). The quantitative estimate of drug-likeness (QED) is 0.680. The second-order valence-corrected chi connectivity index (χ2v) is 11.5. The Morgan fingerprint density at radius 2 is 1.74 bits per heavy atom. The van der Waals surface area contributed by atoms with Gasteiger partial charge in [-0.05, 0) is 56.0 Å². The molecule has 0 saturated carbocycles. The lowest BCUT2D eigenvalue weighted by atomic mass is 10.0. The number of carbonyl (C=O) groups excluding carboxylic acids is 1. The van der Waals surface area contributed by atoms with Gasteiger partial charge in [-0.25, -0.2) is 21.1 Å². The fraction of sp³-hybridized carbons (Fsp3) is 0.381. The maximum Gasteiger partial charge on any atom is 0.261 e. The number of anilines is 1. The number of amides is 1. The number of piperidine rings is 1. The summed E-state index contributed by atoms with van der Waals surface area (Å²) in [6, 6.07) is 11.1. The summed E-state index contributed by atoms with van der Waals surface area (Å²) < 4.78 is 53.3. The van der Waals surface area contributed by atoms with Crippen LogP contribution in [0.3, 0.4) is 0 Å². The topological polar surface area (TPSA) is 113 Å². The molecular weight excluding hydrogens is 438 g/mol. The summed E-state index contributed by atoms with van der Waals surface area (Å²) in [7, 11) is -7.22. The maximum absolute atomic E-state index is 12.9. The first-order valence-electron chi connectivity index (χ1n) is 9.92. The van der Waals surface area contributed by atoms with Gasteiger partial charge in [0.2, 0.25) is 10.0 Å². The molecule has 0 aliphatic carbocycles. The Hall–Kier alpha value is -2.43. The summed E-state index contributed by atoms with van der Waals surface area (Å²) in [4.78, 5) is 12.9. The van der Waals surface area contributed by atoms with Crippen LogP contribution in [0, 0.1) is 13.8 Å². The highest BCUT2D eigenvalue weighted by atomic mass is 32.2. The number of nitrogens with one attached hydrogen (secondary N) is 2. The van der Waals surface area contributed by atoms with Crippen molar-refractivity contribution >= 4 is 31.6 Å². The van der Waals surface area contributed by atoms with Gasteiger partial charge in [0, 0.05) is 24.7 Å². The third-order valence-electron chi connectivity index (χ3n) is 5.34. The van der Waals surface area contributed by atoms with Gasteiger partial charge in [-0.2, -0.15) is 0 Å². The Morgan fingerprint density at radius 1 is 1.03 bits per heavy atom. The lowest BCUT2D eigenvalue weighted by Crippen LogP contribution is -2.49. The molecule has 168 valence electrons. The predicted octanol–water partition coefficient (Wildman–Crippen LogP) is 2.26. The molecule has 1 heterocycles. The van der Waals surface area contributed by atoms with Gasteiger partial charge in [-0.15, -0.1) is 0 Å². The van der Waals surface area contributed by atoms with E-state index < -0.39 is 26.0 Å². The van der Waals surface area contributed by atoms with Gasteiger partial charge >= 0.3 is 0 Å². The van der Waals surface area contributed by atoms with E-state index in [9.17, 15) is 21.6 Å². The van der Waals surface area contributed by atoms with Gasteiger partial charge < -0.3 is 5.32 Å². The number of para-hydroxylation sites is 1. The first-order valence-corrected chi connectivity index (χ1v) is 13.3. The van der Waals surface area contributed by atoms with Crippen molar-refractivity contribution in [3.8, 4) is 0 Å². The van der Waals surface area contributed by atoms with Gasteiger partial charge in [-0.3, -0.25) is 9.52 Å². The third kappa shape index (κ3) is 5.63. The zero-order valence-corrected chi connectivity index (χ0v) is 19.4. The Labute approximate surface area is 183 Å². The Morgan fingerprint density at radius 3 is 2.42 bits per heavy atom. The normalized spacial score (nSPS) is 17.8. The molecule has 31 heavy (non-hydrogen) atoms. The standard InChI is InChI=1S/C21H27N3O5S2/c1-15-10-11-18(31(28,29)23-20-9-5-4-7-16(20)2)13-19(15)21(25)22-17-8-6-12-24(14-17)30(3,26)27/h4-5,7,9-11,13,17,23H,6,8,12,14H2,1-3H3,(H,22,25). The van der Waals surface area contributed by atoms with Gasteiger partial charge in [0.25, 0.3) is 15.9 Å². The maximum atomic E-state index is 12.9. The molecule has 8 nitrogen and oxygen atoms in total. The number of rotatable bonds is 6. The van der Waals surface area contributed by atoms with Crippen molar-refractivity contribution < 1.29 is 21.6 Å². The minimum atomic E-state index is -3.89. The molecule has 0 aromatic heterocycles. The second-order valence-electron chi connectivity index (χ2n) is 7.83. The number of nitrogens with zero attached hydrogens (tertiary/aromatic N) is 1. The van der Waals surface area contributed by atoms with Gasteiger partial charge in [0.1, 0.15) is 0 Å². The fourth-order valence-electron chi connectivity index (χ4n) is 3.53. The molecule has 0 radical (unpaired) electrons. The van der Waals surface area contributed by atoms with E-state index in [0.717, 1.165) is 11.8 Å². The van der Waals surface area contributed by atoms with Crippen LogP contribution < -0.4 is 10.0 Å². The second kappa shape index (κ2) is 8.97. The first-order chi connectivity index (χ1) is 14.5. The number of sulfonamides is 2. The Balaban J connectivity index is 1.80. The highest BCUT2D eigenvalue weighted by Crippen LogP contribution is 2.22. The number of benzene rings is 2. The third-order valence-corrected chi connectivity index (χ3v) is 7.97. The molecule has 2 aromatic carbocycles. The summed E-state index contributed by atoms with van der Waals surface area (Å²) in [6.45, 7) is 4.17. The molecule has 10 heteroatoms. The zero-order chi connectivity index (χ0) is 22.8. The minimum Gasteiger partial charge on any atom is -0.348 e. The van der Waals surface area contributed by atoms with Crippen LogP contribution in [-0.4, -0.2) is 52.4 Å². The van der Waals surface area contributed by atoms with Crippen molar-refractivity contribution in [3.63, 3.8) is 0 Å².